The highest BCUT2D eigenvalue weighted by molar-refractivity contribution is 7.80. The Bertz CT molecular complexity index is 885. The van der Waals surface area contributed by atoms with Crippen LogP contribution in [0.5, 0.6) is 0 Å². The summed E-state index contributed by atoms with van der Waals surface area (Å²) in [7, 11) is 0. The molecule has 38 heavy (non-hydrogen) atoms. The van der Waals surface area contributed by atoms with Gasteiger partial charge in [0.2, 0.25) is 11.8 Å². The zero-order chi connectivity index (χ0) is 28.7. The first-order valence-corrected chi connectivity index (χ1v) is 14.8. The topological polar surface area (TPSA) is 87.7 Å². The van der Waals surface area contributed by atoms with E-state index in [2.05, 4.69) is 37.1 Å². The summed E-state index contributed by atoms with van der Waals surface area (Å²) in [6.07, 6.45) is 7.33. The number of aryl methyl sites for hydroxylation is 2. The molecule has 0 saturated carbocycles. The number of amides is 3. The van der Waals surface area contributed by atoms with E-state index in [-0.39, 0.29) is 17.6 Å². The van der Waals surface area contributed by atoms with Gasteiger partial charge in [-0.1, -0.05) is 76.1 Å². The third-order valence-electron chi connectivity index (χ3n) is 6.33. The van der Waals surface area contributed by atoms with E-state index >= 15 is 0 Å². The van der Waals surface area contributed by atoms with Crippen LogP contribution in [0.15, 0.2) is 18.2 Å². The quantitative estimate of drug-likeness (QED) is 0.167. The SMILES string of the molecule is CCCCCCCN(C(=O)C(CS)NC(=O)OC(C)(C)C)C(C(=O)NCCCCC)c1cc(C)ccc1C. The van der Waals surface area contributed by atoms with E-state index in [4.69, 9.17) is 4.74 Å². The first-order chi connectivity index (χ1) is 17.9. The van der Waals surface area contributed by atoms with Crippen LogP contribution in [0.3, 0.4) is 0 Å². The molecule has 0 spiro atoms. The normalized spacial score (nSPS) is 12.9. The van der Waals surface area contributed by atoms with E-state index in [1.54, 1.807) is 25.7 Å². The molecule has 1 aromatic carbocycles. The molecule has 1 aromatic rings. The first kappa shape index (κ1) is 33.8. The Kier molecular flexibility index (Phi) is 15.5. The van der Waals surface area contributed by atoms with Crippen LogP contribution >= 0.6 is 12.6 Å². The summed E-state index contributed by atoms with van der Waals surface area (Å²) in [6, 6.07) is 4.25. The highest BCUT2D eigenvalue weighted by Gasteiger charge is 2.36. The van der Waals surface area contributed by atoms with Crippen LogP contribution in [0.1, 0.15) is 109 Å². The van der Waals surface area contributed by atoms with Gasteiger partial charge in [0.15, 0.2) is 0 Å². The summed E-state index contributed by atoms with van der Waals surface area (Å²) < 4.78 is 5.39. The molecule has 0 fully saturated rings. The lowest BCUT2D eigenvalue weighted by atomic mass is 9.95. The second-order valence-corrected chi connectivity index (χ2v) is 11.5. The minimum Gasteiger partial charge on any atom is -0.444 e. The first-order valence-electron chi connectivity index (χ1n) is 14.2. The van der Waals surface area contributed by atoms with Crippen LogP contribution in [-0.2, 0) is 14.3 Å². The van der Waals surface area contributed by atoms with Crippen LogP contribution in [0, 0.1) is 13.8 Å². The summed E-state index contributed by atoms with van der Waals surface area (Å²) in [4.78, 5) is 41.9. The number of hydrogen-bond acceptors (Lipinski definition) is 5. The predicted octanol–water partition coefficient (Wildman–Crippen LogP) is 6.27. The third kappa shape index (κ3) is 12.1. The van der Waals surface area contributed by atoms with Crippen molar-refractivity contribution in [2.75, 3.05) is 18.8 Å². The average Bonchev–Trinajstić information content (AvgIpc) is 2.84. The number of rotatable bonds is 16. The lowest BCUT2D eigenvalue weighted by molar-refractivity contribution is -0.142. The number of thiol groups is 1. The van der Waals surface area contributed by atoms with Crippen LogP contribution < -0.4 is 10.6 Å². The Morgan fingerprint density at radius 2 is 1.61 bits per heavy atom. The lowest BCUT2D eigenvalue weighted by Crippen LogP contribution is -2.54. The van der Waals surface area contributed by atoms with Crippen molar-refractivity contribution in [3.8, 4) is 0 Å². The van der Waals surface area contributed by atoms with Crippen LogP contribution in [0.25, 0.3) is 0 Å². The molecule has 1 rings (SSSR count). The van der Waals surface area contributed by atoms with Crippen molar-refractivity contribution < 1.29 is 19.1 Å². The maximum absolute atomic E-state index is 14.0. The molecule has 8 heteroatoms. The molecule has 0 aliphatic carbocycles. The van der Waals surface area contributed by atoms with Gasteiger partial charge in [0, 0.05) is 18.8 Å². The lowest BCUT2D eigenvalue weighted by Gasteiger charge is -2.35. The van der Waals surface area contributed by atoms with E-state index in [0.717, 1.165) is 68.1 Å². The maximum Gasteiger partial charge on any atom is 0.408 e. The minimum atomic E-state index is -0.927. The standard InChI is InChI=1S/C30H51N3O4S/c1-8-10-12-13-15-19-33(28(35)25(21-38)32-29(36)37-30(5,6)7)26(27(34)31-18-14-11-9-2)24-20-22(3)16-17-23(24)4/h16-17,20,25-26,38H,8-15,18-19,21H2,1-7H3,(H,31,34)(H,32,36). The monoisotopic (exact) mass is 549 g/mol. The molecule has 0 radical (unpaired) electrons. The second-order valence-electron chi connectivity index (χ2n) is 11.1. The molecule has 0 heterocycles. The number of unbranched alkanes of at least 4 members (excludes halogenated alkanes) is 6. The second kappa shape index (κ2) is 17.4. The Hall–Kier alpha value is -2.22. The Labute approximate surface area is 236 Å². The molecular weight excluding hydrogens is 498 g/mol. The van der Waals surface area contributed by atoms with Gasteiger partial charge in [0.1, 0.15) is 17.7 Å². The summed E-state index contributed by atoms with van der Waals surface area (Å²) in [5.41, 5.74) is 2.06. The van der Waals surface area contributed by atoms with E-state index in [0.29, 0.717) is 13.1 Å². The van der Waals surface area contributed by atoms with E-state index < -0.39 is 23.8 Å². The molecule has 0 saturated heterocycles. The predicted molar refractivity (Wildman–Crippen MR) is 159 cm³/mol. The molecule has 0 aromatic heterocycles. The number of carbonyl (C=O) groups is 3. The van der Waals surface area contributed by atoms with Gasteiger partial charge in [-0.25, -0.2) is 4.79 Å². The molecular formula is C30H51N3O4S. The van der Waals surface area contributed by atoms with Crippen LogP contribution in [0.2, 0.25) is 0 Å². The fourth-order valence-corrected chi connectivity index (χ4v) is 4.52. The van der Waals surface area contributed by atoms with Crippen molar-refractivity contribution in [3.63, 3.8) is 0 Å². The van der Waals surface area contributed by atoms with Crippen molar-refractivity contribution >= 4 is 30.5 Å². The molecule has 3 amide bonds. The highest BCUT2D eigenvalue weighted by Crippen LogP contribution is 2.27. The van der Waals surface area contributed by atoms with Crippen molar-refractivity contribution in [2.24, 2.45) is 0 Å². The summed E-state index contributed by atoms with van der Waals surface area (Å²) in [5, 5.41) is 5.76. The molecule has 216 valence electrons. The van der Waals surface area contributed by atoms with E-state index in [1.807, 2.05) is 32.0 Å². The van der Waals surface area contributed by atoms with Crippen LogP contribution in [-0.4, -0.2) is 53.3 Å². The van der Waals surface area contributed by atoms with Gasteiger partial charge in [-0.2, -0.15) is 12.6 Å². The number of nitrogens with zero attached hydrogens (tertiary/aromatic N) is 1. The number of ether oxygens (including phenoxy) is 1. The zero-order valence-corrected chi connectivity index (χ0v) is 25.6. The molecule has 0 aliphatic heterocycles. The maximum atomic E-state index is 14.0. The van der Waals surface area contributed by atoms with Gasteiger partial charge in [-0.05, 0) is 58.6 Å². The number of alkyl carbamates (subject to hydrolysis) is 1. The van der Waals surface area contributed by atoms with Gasteiger partial charge in [0.25, 0.3) is 0 Å². The van der Waals surface area contributed by atoms with Crippen LogP contribution in [0.4, 0.5) is 4.79 Å². The minimum absolute atomic E-state index is 0.0854. The molecule has 2 atom stereocenters. The largest absolute Gasteiger partial charge is 0.444 e. The molecule has 0 bridgehead atoms. The van der Waals surface area contributed by atoms with Crippen molar-refractivity contribution in [2.45, 2.75) is 118 Å². The summed E-state index contributed by atoms with van der Waals surface area (Å²) in [6.45, 7) is 14.5. The molecule has 0 aliphatic rings. The zero-order valence-electron chi connectivity index (χ0n) is 24.7. The number of benzene rings is 1. The van der Waals surface area contributed by atoms with Crippen molar-refractivity contribution in [3.05, 3.63) is 34.9 Å². The molecule has 2 N–H and O–H groups in total. The van der Waals surface area contributed by atoms with Crippen molar-refractivity contribution in [1.82, 2.24) is 15.5 Å². The summed E-state index contributed by atoms with van der Waals surface area (Å²) in [5.74, 6) is -0.454. The molecule has 2 unspecified atom stereocenters. The Balaban J connectivity index is 3.39. The summed E-state index contributed by atoms with van der Waals surface area (Å²) >= 11 is 4.38. The van der Waals surface area contributed by atoms with Gasteiger partial charge >= 0.3 is 6.09 Å². The highest BCUT2D eigenvalue weighted by atomic mass is 32.1. The fourth-order valence-electron chi connectivity index (χ4n) is 4.28. The average molecular weight is 550 g/mol. The van der Waals surface area contributed by atoms with Gasteiger partial charge in [0.05, 0.1) is 0 Å². The van der Waals surface area contributed by atoms with Gasteiger partial charge < -0.3 is 20.3 Å². The van der Waals surface area contributed by atoms with Gasteiger partial charge in [-0.15, -0.1) is 0 Å². The third-order valence-corrected chi connectivity index (χ3v) is 6.69. The number of hydrogen-bond donors (Lipinski definition) is 3. The van der Waals surface area contributed by atoms with Crippen molar-refractivity contribution in [1.29, 1.82) is 0 Å². The number of nitrogens with one attached hydrogen (secondary N) is 2. The fraction of sp³-hybridized carbons (Fsp3) is 0.700. The smallest absolute Gasteiger partial charge is 0.408 e. The van der Waals surface area contributed by atoms with Gasteiger partial charge in [-0.3, -0.25) is 9.59 Å². The Morgan fingerprint density at radius 3 is 2.21 bits per heavy atom. The Morgan fingerprint density at radius 1 is 0.974 bits per heavy atom. The van der Waals surface area contributed by atoms with E-state index in [9.17, 15) is 14.4 Å². The number of carbonyl (C=O) groups excluding carboxylic acids is 3. The van der Waals surface area contributed by atoms with E-state index in [1.165, 1.54) is 0 Å². The molecule has 7 nitrogen and oxygen atoms in total.